The summed E-state index contributed by atoms with van der Waals surface area (Å²) in [5.74, 6) is 0.502. The van der Waals surface area contributed by atoms with Crippen molar-refractivity contribution in [3.63, 3.8) is 0 Å². The number of nitrogens with one attached hydrogen (secondary N) is 1. The Labute approximate surface area is 182 Å². The first kappa shape index (κ1) is 22.9. The molecule has 1 fully saturated rings. The van der Waals surface area contributed by atoms with Gasteiger partial charge in [-0.2, -0.15) is 5.26 Å². The highest BCUT2D eigenvalue weighted by atomic mass is 19.1. The summed E-state index contributed by atoms with van der Waals surface area (Å²) in [6.07, 6.45) is 1.86. The van der Waals surface area contributed by atoms with Gasteiger partial charge in [0.15, 0.2) is 17.9 Å². The lowest BCUT2D eigenvalue weighted by molar-refractivity contribution is -0.225. The number of nitrogens with zero attached hydrogens (tertiary/aromatic N) is 3. The SMILES string of the molecule is CNCC1(C)COC(CCN(Cc2ccc(OC)c(F)c2)c2ccc(C#N)cn2)OC1. The molecule has 3 rings (SSSR count). The molecule has 0 atom stereocenters. The van der Waals surface area contributed by atoms with Crippen molar-refractivity contribution in [1.82, 2.24) is 10.3 Å². The maximum Gasteiger partial charge on any atom is 0.165 e. The Morgan fingerprint density at radius 2 is 2.10 bits per heavy atom. The number of hydrogen-bond donors (Lipinski definition) is 1. The van der Waals surface area contributed by atoms with E-state index in [4.69, 9.17) is 19.5 Å². The highest BCUT2D eigenvalue weighted by Crippen LogP contribution is 2.26. The van der Waals surface area contributed by atoms with Crippen molar-refractivity contribution in [3.8, 4) is 11.8 Å². The van der Waals surface area contributed by atoms with Crippen LogP contribution in [0.3, 0.4) is 0 Å². The summed E-state index contributed by atoms with van der Waals surface area (Å²) in [7, 11) is 3.36. The summed E-state index contributed by atoms with van der Waals surface area (Å²) in [5, 5.41) is 12.2. The Bertz CT molecular complexity index is 893. The maximum atomic E-state index is 14.2. The number of halogens is 1. The molecular weight excluding hydrogens is 399 g/mol. The van der Waals surface area contributed by atoms with E-state index in [0.29, 0.717) is 44.1 Å². The number of nitriles is 1. The van der Waals surface area contributed by atoms with Crippen LogP contribution in [-0.2, 0) is 16.0 Å². The third-order valence-corrected chi connectivity index (χ3v) is 5.26. The van der Waals surface area contributed by atoms with Crippen LogP contribution in [0.1, 0.15) is 24.5 Å². The summed E-state index contributed by atoms with van der Waals surface area (Å²) >= 11 is 0. The molecule has 31 heavy (non-hydrogen) atoms. The Kier molecular flexibility index (Phi) is 7.80. The first-order valence-electron chi connectivity index (χ1n) is 10.3. The van der Waals surface area contributed by atoms with Gasteiger partial charge in [-0.1, -0.05) is 13.0 Å². The predicted molar refractivity (Wildman–Crippen MR) is 115 cm³/mol. The van der Waals surface area contributed by atoms with Crippen LogP contribution in [0.15, 0.2) is 36.5 Å². The first-order valence-corrected chi connectivity index (χ1v) is 10.3. The van der Waals surface area contributed by atoms with Gasteiger partial charge >= 0.3 is 0 Å². The van der Waals surface area contributed by atoms with E-state index in [2.05, 4.69) is 23.3 Å². The molecule has 1 aliphatic heterocycles. The zero-order valence-corrected chi connectivity index (χ0v) is 18.2. The van der Waals surface area contributed by atoms with E-state index >= 15 is 0 Å². The molecule has 2 aromatic rings. The van der Waals surface area contributed by atoms with E-state index in [1.54, 1.807) is 18.2 Å². The normalized spacial score (nSPS) is 20.8. The van der Waals surface area contributed by atoms with Crippen LogP contribution < -0.4 is 15.0 Å². The molecule has 1 saturated heterocycles. The third kappa shape index (κ3) is 6.14. The lowest BCUT2D eigenvalue weighted by Gasteiger charge is -2.38. The molecule has 2 heterocycles. The van der Waals surface area contributed by atoms with Crippen LogP contribution in [-0.4, -0.2) is 51.7 Å². The topological polar surface area (TPSA) is 79.6 Å². The average Bonchev–Trinajstić information content (AvgIpc) is 2.78. The monoisotopic (exact) mass is 428 g/mol. The van der Waals surface area contributed by atoms with E-state index in [0.717, 1.165) is 12.1 Å². The van der Waals surface area contributed by atoms with E-state index in [1.807, 2.05) is 18.0 Å². The lowest BCUT2D eigenvalue weighted by atomic mass is 9.92. The van der Waals surface area contributed by atoms with Crippen LogP contribution in [0.5, 0.6) is 5.75 Å². The van der Waals surface area contributed by atoms with E-state index in [9.17, 15) is 4.39 Å². The average molecular weight is 429 g/mol. The summed E-state index contributed by atoms with van der Waals surface area (Å²) in [6.45, 7) is 5.24. The number of pyridine rings is 1. The number of anilines is 1. The molecule has 0 radical (unpaired) electrons. The van der Waals surface area contributed by atoms with Crippen molar-refractivity contribution >= 4 is 5.82 Å². The van der Waals surface area contributed by atoms with Crippen molar-refractivity contribution in [2.75, 3.05) is 45.4 Å². The molecule has 1 aromatic carbocycles. The molecule has 0 unspecified atom stereocenters. The fraction of sp³-hybridized carbons (Fsp3) is 0.478. The van der Waals surface area contributed by atoms with Gasteiger partial charge in [0.2, 0.25) is 0 Å². The van der Waals surface area contributed by atoms with E-state index < -0.39 is 5.82 Å². The van der Waals surface area contributed by atoms with Crippen molar-refractivity contribution in [3.05, 3.63) is 53.5 Å². The van der Waals surface area contributed by atoms with Gasteiger partial charge in [-0.05, 0) is 36.9 Å². The third-order valence-electron chi connectivity index (χ3n) is 5.26. The smallest absolute Gasteiger partial charge is 0.165 e. The number of aromatic nitrogens is 1. The van der Waals surface area contributed by atoms with Gasteiger partial charge in [-0.3, -0.25) is 0 Å². The fourth-order valence-corrected chi connectivity index (χ4v) is 3.58. The largest absolute Gasteiger partial charge is 0.494 e. The minimum absolute atomic E-state index is 0.0414. The predicted octanol–water partition coefficient (Wildman–Crippen LogP) is 3.10. The zero-order chi connectivity index (χ0) is 22.3. The quantitative estimate of drug-likeness (QED) is 0.657. The van der Waals surface area contributed by atoms with Crippen LogP contribution >= 0.6 is 0 Å². The van der Waals surface area contributed by atoms with Crippen molar-refractivity contribution in [1.29, 1.82) is 5.26 Å². The molecule has 0 bridgehead atoms. The molecule has 0 saturated carbocycles. The minimum atomic E-state index is -0.407. The van der Waals surface area contributed by atoms with E-state index in [1.165, 1.54) is 19.4 Å². The molecule has 0 amide bonds. The molecule has 1 N–H and O–H groups in total. The molecule has 0 spiro atoms. The molecule has 7 nitrogen and oxygen atoms in total. The maximum absolute atomic E-state index is 14.2. The van der Waals surface area contributed by atoms with Gasteiger partial charge < -0.3 is 24.4 Å². The number of ether oxygens (including phenoxy) is 3. The summed E-state index contributed by atoms with van der Waals surface area (Å²) in [6, 6.07) is 10.5. The number of hydrogen-bond acceptors (Lipinski definition) is 7. The van der Waals surface area contributed by atoms with Gasteiger partial charge in [0, 0.05) is 37.7 Å². The Balaban J connectivity index is 1.69. The van der Waals surface area contributed by atoms with E-state index in [-0.39, 0.29) is 17.5 Å². The number of methoxy groups -OCH3 is 1. The van der Waals surface area contributed by atoms with Crippen LogP contribution in [0.25, 0.3) is 0 Å². The Morgan fingerprint density at radius 3 is 2.68 bits per heavy atom. The highest BCUT2D eigenvalue weighted by Gasteiger charge is 2.32. The molecule has 1 aromatic heterocycles. The standard InChI is InChI=1S/C23H29FN4O3/c1-23(14-26-2)15-30-22(31-16-23)8-9-28(21-7-5-18(11-25)12-27-21)13-17-4-6-20(29-3)19(24)10-17/h4-7,10,12,22,26H,8-9,13-16H2,1-3H3. The zero-order valence-electron chi connectivity index (χ0n) is 18.2. The summed E-state index contributed by atoms with van der Waals surface area (Å²) in [4.78, 5) is 6.43. The van der Waals surface area contributed by atoms with Gasteiger partial charge in [0.05, 0.1) is 25.9 Å². The minimum Gasteiger partial charge on any atom is -0.494 e. The van der Waals surface area contributed by atoms with Gasteiger partial charge in [0.25, 0.3) is 0 Å². The van der Waals surface area contributed by atoms with Gasteiger partial charge in [-0.25, -0.2) is 9.37 Å². The van der Waals surface area contributed by atoms with Gasteiger partial charge in [-0.15, -0.1) is 0 Å². The summed E-state index contributed by atoms with van der Waals surface area (Å²) in [5.41, 5.74) is 1.23. The Hall–Kier alpha value is -2.73. The first-order chi connectivity index (χ1) is 15.0. The fourth-order valence-electron chi connectivity index (χ4n) is 3.58. The molecular formula is C23H29FN4O3. The molecule has 0 aliphatic carbocycles. The highest BCUT2D eigenvalue weighted by molar-refractivity contribution is 5.43. The van der Waals surface area contributed by atoms with Crippen molar-refractivity contribution in [2.24, 2.45) is 5.41 Å². The number of benzene rings is 1. The Morgan fingerprint density at radius 1 is 1.32 bits per heavy atom. The van der Waals surface area contributed by atoms with Crippen LogP contribution in [0.4, 0.5) is 10.2 Å². The second-order valence-corrected chi connectivity index (χ2v) is 8.09. The number of rotatable bonds is 9. The second-order valence-electron chi connectivity index (χ2n) is 8.09. The van der Waals surface area contributed by atoms with Crippen molar-refractivity contribution < 1.29 is 18.6 Å². The second kappa shape index (κ2) is 10.5. The summed E-state index contributed by atoms with van der Waals surface area (Å²) < 4.78 is 31.1. The lowest BCUT2D eigenvalue weighted by Crippen LogP contribution is -2.46. The molecule has 166 valence electrons. The van der Waals surface area contributed by atoms with Crippen LogP contribution in [0, 0.1) is 22.6 Å². The van der Waals surface area contributed by atoms with Crippen LogP contribution in [0.2, 0.25) is 0 Å². The molecule has 8 heteroatoms. The van der Waals surface area contributed by atoms with Crippen molar-refractivity contribution in [2.45, 2.75) is 26.2 Å². The molecule has 1 aliphatic rings. The van der Waals surface area contributed by atoms with Gasteiger partial charge in [0.1, 0.15) is 11.9 Å².